The van der Waals surface area contributed by atoms with Crippen LogP contribution in [0.3, 0.4) is 0 Å². The summed E-state index contributed by atoms with van der Waals surface area (Å²) in [6.45, 7) is 2.24. The lowest BCUT2D eigenvalue weighted by atomic mass is 9.88. The number of thiophene rings is 1. The molecule has 7 heteroatoms. The summed E-state index contributed by atoms with van der Waals surface area (Å²) in [7, 11) is 1.47. The van der Waals surface area contributed by atoms with Crippen LogP contribution in [-0.2, 0) is 12.8 Å². The minimum atomic E-state index is -0.551. The van der Waals surface area contributed by atoms with Crippen LogP contribution in [0.15, 0.2) is 12.1 Å². The molecule has 5 nitrogen and oxygen atoms in total. The van der Waals surface area contributed by atoms with E-state index < -0.39 is 6.17 Å². The number of amides is 1. The average molecular weight is 379 g/mol. The molecule has 2 heterocycles. The van der Waals surface area contributed by atoms with Crippen LogP contribution in [0.25, 0.3) is 0 Å². The van der Waals surface area contributed by atoms with Crippen molar-refractivity contribution in [1.29, 1.82) is 0 Å². The Morgan fingerprint density at radius 1 is 1.36 bits per heavy atom. The van der Waals surface area contributed by atoms with Crippen molar-refractivity contribution in [3.63, 3.8) is 0 Å². The minimum absolute atomic E-state index is 0.0249. The molecule has 1 aromatic carbocycles. The van der Waals surface area contributed by atoms with Crippen LogP contribution < -0.4 is 15.4 Å². The van der Waals surface area contributed by atoms with Gasteiger partial charge in [-0.2, -0.15) is 0 Å². The fourth-order valence-corrected chi connectivity index (χ4v) is 5.24. The summed E-state index contributed by atoms with van der Waals surface area (Å²) >= 11 is 7.77. The minimum Gasteiger partial charge on any atom is -0.504 e. The number of anilines is 1. The highest BCUT2D eigenvalue weighted by molar-refractivity contribution is 7.16. The van der Waals surface area contributed by atoms with E-state index in [9.17, 15) is 9.90 Å². The smallest absolute Gasteiger partial charge is 0.256 e. The highest BCUT2D eigenvalue weighted by atomic mass is 35.5. The van der Waals surface area contributed by atoms with Crippen LogP contribution in [0.2, 0.25) is 5.02 Å². The molecule has 0 saturated heterocycles. The molecule has 1 aliphatic heterocycles. The number of ether oxygens (including phenoxy) is 1. The van der Waals surface area contributed by atoms with Gasteiger partial charge < -0.3 is 20.5 Å². The summed E-state index contributed by atoms with van der Waals surface area (Å²) in [5.41, 5.74) is 2.43. The lowest BCUT2D eigenvalue weighted by Crippen LogP contribution is -2.38. The summed E-state index contributed by atoms with van der Waals surface area (Å²) in [6.07, 6.45) is 2.52. The number of fused-ring (bicyclic) bond motifs is 3. The Labute approximate surface area is 155 Å². The van der Waals surface area contributed by atoms with Gasteiger partial charge in [-0.25, -0.2) is 0 Å². The van der Waals surface area contributed by atoms with Crippen molar-refractivity contribution < 1.29 is 14.6 Å². The molecular formula is C18H19ClN2O3S. The third kappa shape index (κ3) is 2.73. The Bertz CT molecular complexity index is 864. The Morgan fingerprint density at radius 3 is 2.92 bits per heavy atom. The zero-order valence-electron chi connectivity index (χ0n) is 14.0. The first-order valence-corrected chi connectivity index (χ1v) is 9.45. The number of nitrogens with one attached hydrogen (secondary N) is 2. The summed E-state index contributed by atoms with van der Waals surface area (Å²) in [5.74, 6) is 0.795. The SMILES string of the molecule is COc1cc(Cl)cc(C2NC(=O)c3c(sc4c3CCC(C)C4)N2)c1O. The lowest BCUT2D eigenvalue weighted by Gasteiger charge is -2.28. The van der Waals surface area contributed by atoms with Gasteiger partial charge in [0.25, 0.3) is 5.91 Å². The second kappa shape index (κ2) is 6.11. The summed E-state index contributed by atoms with van der Waals surface area (Å²) in [6, 6.07) is 3.18. The summed E-state index contributed by atoms with van der Waals surface area (Å²) < 4.78 is 5.16. The van der Waals surface area contributed by atoms with Crippen molar-refractivity contribution >= 4 is 33.8 Å². The van der Waals surface area contributed by atoms with Gasteiger partial charge in [0.2, 0.25) is 0 Å². The van der Waals surface area contributed by atoms with E-state index in [0.29, 0.717) is 16.5 Å². The first kappa shape index (κ1) is 16.5. The number of benzene rings is 1. The van der Waals surface area contributed by atoms with Crippen molar-refractivity contribution in [1.82, 2.24) is 5.32 Å². The number of carbonyl (C=O) groups excluding carboxylic acids is 1. The van der Waals surface area contributed by atoms with Gasteiger partial charge in [0, 0.05) is 21.5 Å². The van der Waals surface area contributed by atoms with Gasteiger partial charge in [-0.05, 0) is 36.8 Å². The molecule has 0 radical (unpaired) electrons. The van der Waals surface area contributed by atoms with Crippen LogP contribution in [-0.4, -0.2) is 18.1 Å². The van der Waals surface area contributed by atoms with Crippen LogP contribution in [0, 0.1) is 5.92 Å². The summed E-state index contributed by atoms with van der Waals surface area (Å²) in [4.78, 5) is 14.0. The molecule has 25 heavy (non-hydrogen) atoms. The topological polar surface area (TPSA) is 70.6 Å². The second-order valence-electron chi connectivity index (χ2n) is 6.65. The van der Waals surface area contributed by atoms with Gasteiger partial charge in [-0.3, -0.25) is 4.79 Å². The van der Waals surface area contributed by atoms with Gasteiger partial charge in [-0.15, -0.1) is 11.3 Å². The van der Waals surface area contributed by atoms with Crippen LogP contribution in [0.5, 0.6) is 11.5 Å². The number of rotatable bonds is 2. The molecule has 0 fully saturated rings. The van der Waals surface area contributed by atoms with Crippen molar-refractivity contribution in [3.8, 4) is 11.5 Å². The second-order valence-corrected chi connectivity index (χ2v) is 8.19. The van der Waals surface area contributed by atoms with Crippen molar-refractivity contribution in [2.24, 2.45) is 5.92 Å². The molecule has 1 aliphatic carbocycles. The number of halogens is 1. The van der Waals surface area contributed by atoms with E-state index in [1.807, 2.05) is 0 Å². The Hall–Kier alpha value is -1.92. The quantitative estimate of drug-likeness (QED) is 0.736. The van der Waals surface area contributed by atoms with Crippen LogP contribution in [0.4, 0.5) is 5.00 Å². The van der Waals surface area contributed by atoms with E-state index >= 15 is 0 Å². The maximum atomic E-state index is 12.7. The molecule has 2 unspecified atom stereocenters. The highest BCUT2D eigenvalue weighted by Gasteiger charge is 2.34. The molecule has 2 aliphatic rings. The molecule has 1 amide bonds. The predicted octanol–water partition coefficient (Wildman–Crippen LogP) is 4.09. The molecule has 132 valence electrons. The van der Waals surface area contributed by atoms with Gasteiger partial charge in [0.15, 0.2) is 11.5 Å². The van der Waals surface area contributed by atoms with Crippen molar-refractivity contribution in [2.75, 3.05) is 12.4 Å². The number of phenolic OH excluding ortho intramolecular Hbond substituents is 1. The number of hydrogen-bond acceptors (Lipinski definition) is 5. The van der Waals surface area contributed by atoms with Crippen molar-refractivity contribution in [3.05, 3.63) is 38.7 Å². The monoisotopic (exact) mass is 378 g/mol. The zero-order chi connectivity index (χ0) is 17.7. The van der Waals surface area contributed by atoms with Gasteiger partial charge in [0.1, 0.15) is 11.2 Å². The molecule has 0 bridgehead atoms. The summed E-state index contributed by atoms with van der Waals surface area (Å²) in [5, 5.41) is 18.0. The number of phenols is 1. The standard InChI is InChI=1S/C18H19ClN2O3S/c1-8-3-4-10-13(5-8)25-18-14(10)17(23)20-16(21-18)11-6-9(19)7-12(24-2)15(11)22/h6-8,16,21-22H,3-5H2,1-2H3,(H,20,23). The Kier molecular flexibility index (Phi) is 4.04. The Morgan fingerprint density at radius 2 is 2.16 bits per heavy atom. The predicted molar refractivity (Wildman–Crippen MR) is 99.0 cm³/mol. The third-order valence-corrected chi connectivity index (χ3v) is 6.29. The van der Waals surface area contributed by atoms with E-state index in [1.54, 1.807) is 23.5 Å². The average Bonchev–Trinajstić information content (AvgIpc) is 2.94. The largest absolute Gasteiger partial charge is 0.504 e. The lowest BCUT2D eigenvalue weighted by molar-refractivity contribution is 0.0934. The maximum Gasteiger partial charge on any atom is 0.256 e. The molecule has 3 N–H and O–H groups in total. The first-order valence-electron chi connectivity index (χ1n) is 8.26. The first-order chi connectivity index (χ1) is 12.0. The number of carbonyl (C=O) groups is 1. The number of methoxy groups -OCH3 is 1. The molecule has 0 saturated carbocycles. The van der Waals surface area contributed by atoms with E-state index in [1.165, 1.54) is 17.6 Å². The van der Waals surface area contributed by atoms with E-state index in [0.717, 1.165) is 29.8 Å². The fourth-order valence-electron chi connectivity index (χ4n) is 3.59. The molecule has 1 aromatic heterocycles. The van der Waals surface area contributed by atoms with Gasteiger partial charge in [0.05, 0.1) is 12.7 Å². The molecule has 4 rings (SSSR count). The van der Waals surface area contributed by atoms with E-state index in [-0.39, 0.29) is 17.4 Å². The van der Waals surface area contributed by atoms with E-state index in [4.69, 9.17) is 16.3 Å². The normalized spacial score (nSPS) is 21.8. The molecular weight excluding hydrogens is 360 g/mol. The van der Waals surface area contributed by atoms with Crippen molar-refractivity contribution in [2.45, 2.75) is 32.4 Å². The Balaban J connectivity index is 1.73. The number of aromatic hydroxyl groups is 1. The maximum absolute atomic E-state index is 12.7. The van der Waals surface area contributed by atoms with Crippen LogP contribution in [0.1, 0.15) is 45.9 Å². The zero-order valence-corrected chi connectivity index (χ0v) is 15.6. The van der Waals surface area contributed by atoms with Gasteiger partial charge >= 0.3 is 0 Å². The van der Waals surface area contributed by atoms with E-state index in [2.05, 4.69) is 17.6 Å². The molecule has 2 atom stereocenters. The fraction of sp³-hybridized carbons (Fsp3) is 0.389. The number of hydrogen-bond donors (Lipinski definition) is 3. The van der Waals surface area contributed by atoms with Crippen LogP contribution >= 0.6 is 22.9 Å². The third-order valence-electron chi connectivity index (χ3n) is 4.89. The highest BCUT2D eigenvalue weighted by Crippen LogP contribution is 2.44. The van der Waals surface area contributed by atoms with Gasteiger partial charge in [-0.1, -0.05) is 18.5 Å². The molecule has 2 aromatic rings. The molecule has 0 spiro atoms.